The van der Waals surface area contributed by atoms with Crippen LogP contribution in [-0.4, -0.2) is 32.2 Å². The number of nitrogens with two attached hydrogens (primary N) is 1. The number of hydrogen-bond acceptors (Lipinski definition) is 4. The van der Waals surface area contributed by atoms with Gasteiger partial charge in [-0.3, -0.25) is 19.0 Å². The van der Waals surface area contributed by atoms with E-state index in [4.69, 9.17) is 5.73 Å². The summed E-state index contributed by atoms with van der Waals surface area (Å²) in [6, 6.07) is 12.2. The number of pyridine rings is 2. The first-order valence-corrected chi connectivity index (χ1v) is 11.9. The summed E-state index contributed by atoms with van der Waals surface area (Å²) in [5.74, 6) is -1.04. The molecule has 0 saturated heterocycles. The summed E-state index contributed by atoms with van der Waals surface area (Å²) >= 11 is 0. The van der Waals surface area contributed by atoms with Gasteiger partial charge in [0, 0.05) is 35.1 Å². The van der Waals surface area contributed by atoms with Crippen LogP contribution < -0.4 is 11.1 Å². The number of imidazole rings is 1. The topological polar surface area (TPSA) is 102 Å². The van der Waals surface area contributed by atoms with Crippen LogP contribution in [0.4, 0.5) is 4.39 Å². The number of fused-ring (bicyclic) bond motifs is 3. The van der Waals surface area contributed by atoms with E-state index in [0.29, 0.717) is 11.3 Å². The standard InChI is InChI=1S/C28H24FN5O2/c1-15-11-17(7-9-22(15)29)24-21(3-2-10-31-24)19-6-8-20-13-32-27(34(20)14-19)28(36)33-25-18-5-4-16(12-18)23(25)26(30)35/h2-11,13-14,16,18,23,25H,12H2,1H3,(H2,30,35)(H,33,36)/t16?,18?,23?,25-/m1/s1. The van der Waals surface area contributed by atoms with Crippen LogP contribution in [0.5, 0.6) is 0 Å². The zero-order chi connectivity index (χ0) is 25.0. The summed E-state index contributed by atoms with van der Waals surface area (Å²) in [6.45, 7) is 1.72. The van der Waals surface area contributed by atoms with Crippen LogP contribution in [0.25, 0.3) is 27.9 Å². The highest BCUT2D eigenvalue weighted by Crippen LogP contribution is 2.43. The van der Waals surface area contributed by atoms with E-state index in [9.17, 15) is 14.0 Å². The van der Waals surface area contributed by atoms with Crippen molar-refractivity contribution < 1.29 is 14.0 Å². The molecule has 3 heterocycles. The van der Waals surface area contributed by atoms with Gasteiger partial charge in [-0.1, -0.05) is 24.3 Å². The van der Waals surface area contributed by atoms with Gasteiger partial charge in [0.2, 0.25) is 11.7 Å². The van der Waals surface area contributed by atoms with E-state index in [1.165, 1.54) is 6.07 Å². The Balaban J connectivity index is 1.36. The number of rotatable bonds is 5. The fraction of sp³-hybridized carbons (Fsp3) is 0.214. The number of benzene rings is 1. The molecule has 2 aliphatic rings. The number of aryl methyl sites for hydroxylation is 1. The summed E-state index contributed by atoms with van der Waals surface area (Å²) < 4.78 is 15.6. The molecule has 3 aromatic heterocycles. The lowest BCUT2D eigenvalue weighted by molar-refractivity contribution is -0.123. The third kappa shape index (κ3) is 3.57. The maximum absolute atomic E-state index is 13.9. The third-order valence-electron chi connectivity index (χ3n) is 7.37. The van der Waals surface area contributed by atoms with Gasteiger partial charge in [-0.2, -0.15) is 0 Å². The molecule has 0 aliphatic heterocycles. The summed E-state index contributed by atoms with van der Waals surface area (Å²) in [5.41, 5.74) is 10.1. The number of primary amides is 1. The molecule has 1 saturated carbocycles. The summed E-state index contributed by atoms with van der Waals surface area (Å²) in [6.07, 6.45) is 10.1. The van der Waals surface area contributed by atoms with Crippen molar-refractivity contribution in [3.63, 3.8) is 0 Å². The zero-order valence-corrected chi connectivity index (χ0v) is 19.6. The maximum atomic E-state index is 13.9. The van der Waals surface area contributed by atoms with Crippen LogP contribution in [-0.2, 0) is 4.79 Å². The van der Waals surface area contributed by atoms with Gasteiger partial charge in [0.25, 0.3) is 5.91 Å². The van der Waals surface area contributed by atoms with Crippen molar-refractivity contribution in [2.75, 3.05) is 0 Å². The Bertz CT molecular complexity index is 1560. The van der Waals surface area contributed by atoms with Gasteiger partial charge < -0.3 is 11.1 Å². The molecule has 2 amide bonds. The van der Waals surface area contributed by atoms with Gasteiger partial charge in [-0.15, -0.1) is 0 Å². The molecule has 4 aromatic rings. The van der Waals surface area contributed by atoms with Crippen molar-refractivity contribution in [2.45, 2.75) is 19.4 Å². The third-order valence-corrected chi connectivity index (χ3v) is 7.37. The molecule has 4 atom stereocenters. The number of carbonyl (C=O) groups excluding carboxylic acids is 2. The molecule has 1 aromatic carbocycles. The van der Waals surface area contributed by atoms with Gasteiger partial charge >= 0.3 is 0 Å². The lowest BCUT2D eigenvalue weighted by atomic mass is 9.88. The van der Waals surface area contributed by atoms with Gasteiger partial charge in [-0.25, -0.2) is 9.37 Å². The molecule has 180 valence electrons. The highest BCUT2D eigenvalue weighted by atomic mass is 19.1. The van der Waals surface area contributed by atoms with Crippen molar-refractivity contribution in [1.82, 2.24) is 19.7 Å². The largest absolute Gasteiger partial charge is 0.369 e. The minimum Gasteiger partial charge on any atom is -0.369 e. The minimum absolute atomic E-state index is 0.0699. The fourth-order valence-corrected chi connectivity index (χ4v) is 5.60. The predicted octanol–water partition coefficient (Wildman–Crippen LogP) is 3.92. The Kier molecular flexibility index (Phi) is 5.17. The van der Waals surface area contributed by atoms with Crippen LogP contribution in [0.2, 0.25) is 0 Å². The van der Waals surface area contributed by atoms with E-state index in [1.54, 1.807) is 35.9 Å². The Hall–Kier alpha value is -4.33. The van der Waals surface area contributed by atoms with E-state index >= 15 is 0 Å². The number of hydrogen-bond donors (Lipinski definition) is 2. The second-order valence-electron chi connectivity index (χ2n) is 9.53. The van der Waals surface area contributed by atoms with E-state index in [0.717, 1.165) is 28.6 Å². The maximum Gasteiger partial charge on any atom is 0.287 e. The summed E-state index contributed by atoms with van der Waals surface area (Å²) in [5, 5.41) is 3.02. The van der Waals surface area contributed by atoms with E-state index in [1.807, 2.05) is 36.5 Å². The molecular formula is C28H24FN5O2. The monoisotopic (exact) mass is 481 g/mol. The molecule has 0 spiro atoms. The van der Waals surface area contributed by atoms with Crippen LogP contribution in [0.1, 0.15) is 22.6 Å². The smallest absolute Gasteiger partial charge is 0.287 e. The summed E-state index contributed by atoms with van der Waals surface area (Å²) in [4.78, 5) is 34.3. The van der Waals surface area contributed by atoms with Crippen molar-refractivity contribution in [3.05, 3.63) is 90.4 Å². The number of aromatic nitrogens is 3. The number of amides is 2. The highest BCUT2D eigenvalue weighted by Gasteiger charge is 2.48. The van der Waals surface area contributed by atoms with Crippen molar-refractivity contribution in [2.24, 2.45) is 23.5 Å². The lowest BCUT2D eigenvalue weighted by Crippen LogP contribution is -2.48. The molecule has 0 radical (unpaired) electrons. The van der Waals surface area contributed by atoms with Crippen LogP contribution >= 0.6 is 0 Å². The number of carbonyl (C=O) groups is 2. The van der Waals surface area contributed by atoms with E-state index in [-0.39, 0.29) is 35.4 Å². The molecule has 2 bridgehead atoms. The van der Waals surface area contributed by atoms with Crippen LogP contribution in [0.15, 0.2) is 73.2 Å². The van der Waals surface area contributed by atoms with Gasteiger partial charge in [0.15, 0.2) is 0 Å². The van der Waals surface area contributed by atoms with Gasteiger partial charge in [-0.05, 0) is 61.1 Å². The van der Waals surface area contributed by atoms with Crippen molar-refractivity contribution in [1.29, 1.82) is 0 Å². The molecule has 7 nitrogen and oxygen atoms in total. The van der Waals surface area contributed by atoms with Crippen LogP contribution in [0.3, 0.4) is 0 Å². The molecule has 8 heteroatoms. The Morgan fingerprint density at radius 3 is 2.69 bits per heavy atom. The Morgan fingerprint density at radius 2 is 1.89 bits per heavy atom. The first kappa shape index (κ1) is 22.2. The lowest BCUT2D eigenvalue weighted by Gasteiger charge is -2.26. The van der Waals surface area contributed by atoms with E-state index < -0.39 is 11.8 Å². The first-order valence-electron chi connectivity index (χ1n) is 11.9. The molecule has 3 N–H and O–H groups in total. The Labute approximate surface area is 206 Å². The van der Waals surface area contributed by atoms with Crippen molar-refractivity contribution >= 4 is 17.3 Å². The molecule has 36 heavy (non-hydrogen) atoms. The van der Waals surface area contributed by atoms with Crippen LogP contribution in [0, 0.1) is 30.5 Å². The molecule has 1 fully saturated rings. The van der Waals surface area contributed by atoms with Gasteiger partial charge in [0.1, 0.15) is 5.82 Å². The second-order valence-corrected chi connectivity index (χ2v) is 9.53. The molecule has 3 unspecified atom stereocenters. The molecule has 2 aliphatic carbocycles. The summed E-state index contributed by atoms with van der Waals surface area (Å²) in [7, 11) is 0. The second kappa shape index (κ2) is 8.41. The average Bonchev–Trinajstić information content (AvgIpc) is 3.60. The van der Waals surface area contributed by atoms with Crippen molar-refractivity contribution in [3.8, 4) is 22.4 Å². The average molecular weight is 482 g/mol. The number of halogens is 1. The number of allylic oxidation sites excluding steroid dienone is 1. The normalized spacial score (nSPS) is 22.3. The highest BCUT2D eigenvalue weighted by molar-refractivity contribution is 5.93. The number of nitrogens with one attached hydrogen (secondary N) is 1. The zero-order valence-electron chi connectivity index (χ0n) is 19.6. The van der Waals surface area contributed by atoms with E-state index in [2.05, 4.69) is 21.4 Å². The SMILES string of the molecule is Cc1cc(-c2ncccc2-c2ccc3cnc(C(=O)N[C@@H]4C5C=CC(C5)C4C(N)=O)n3c2)ccc1F. The quantitative estimate of drug-likeness (QED) is 0.422. The molecule has 6 rings (SSSR count). The number of nitrogens with zero attached hydrogens (tertiary/aromatic N) is 3. The fourth-order valence-electron chi connectivity index (χ4n) is 5.60. The Morgan fingerprint density at radius 1 is 1.08 bits per heavy atom. The molecular weight excluding hydrogens is 457 g/mol. The van der Waals surface area contributed by atoms with Gasteiger partial charge in [0.05, 0.1) is 23.3 Å². The predicted molar refractivity (Wildman–Crippen MR) is 133 cm³/mol. The first-order chi connectivity index (χ1) is 17.4. The minimum atomic E-state index is -0.414.